The molecule has 0 aliphatic heterocycles. The number of aryl methyl sites for hydroxylation is 1. The van der Waals surface area contributed by atoms with Gasteiger partial charge in [0.15, 0.2) is 0 Å². The van der Waals surface area contributed by atoms with Gasteiger partial charge in [-0.25, -0.2) is 0 Å². The van der Waals surface area contributed by atoms with Crippen molar-refractivity contribution in [1.82, 2.24) is 0 Å². The molecule has 0 aliphatic rings. The van der Waals surface area contributed by atoms with Gasteiger partial charge in [-0.2, -0.15) is 0 Å². The maximum absolute atomic E-state index is 11.3. The molecule has 0 unspecified atom stereocenters. The summed E-state index contributed by atoms with van der Waals surface area (Å²) in [5.74, 6) is -0.184. The van der Waals surface area contributed by atoms with Crippen molar-refractivity contribution in [3.63, 3.8) is 0 Å². The summed E-state index contributed by atoms with van der Waals surface area (Å²) in [4.78, 5) is 12.5. The second kappa shape index (κ2) is 5.94. The van der Waals surface area contributed by atoms with Crippen LogP contribution in [-0.2, 0) is 16.0 Å². The lowest BCUT2D eigenvalue weighted by Crippen LogP contribution is -2.06. The Bertz CT molecular complexity index is 372. The molecule has 16 heavy (non-hydrogen) atoms. The molecule has 0 N–H and O–H groups in total. The third kappa shape index (κ3) is 3.89. The van der Waals surface area contributed by atoms with Crippen LogP contribution in [0.2, 0.25) is 0 Å². The average Bonchev–Trinajstić information content (AvgIpc) is 2.21. The Morgan fingerprint density at radius 3 is 2.69 bits per heavy atom. The number of benzene rings is 1. The summed E-state index contributed by atoms with van der Waals surface area (Å²) in [5, 5.41) is 0.513. The van der Waals surface area contributed by atoms with Crippen LogP contribution < -0.4 is 0 Å². The van der Waals surface area contributed by atoms with Gasteiger partial charge >= 0.3 is 5.97 Å². The Morgan fingerprint density at radius 2 is 2.12 bits per heavy atom. The number of ether oxygens (including phenoxy) is 1. The van der Waals surface area contributed by atoms with Crippen LogP contribution in [0, 0.1) is 6.92 Å². The Morgan fingerprint density at radius 1 is 1.44 bits per heavy atom. The first-order valence-corrected chi connectivity index (χ1v) is 6.24. The van der Waals surface area contributed by atoms with Gasteiger partial charge in [0.2, 0.25) is 0 Å². The average molecular weight is 238 g/mol. The number of thioether (sulfide) groups is 1. The predicted octanol–water partition coefficient (Wildman–Crippen LogP) is 3.21. The lowest BCUT2D eigenvalue weighted by Gasteiger charge is -2.11. The maximum atomic E-state index is 11.3. The molecular weight excluding hydrogens is 220 g/mol. The molecule has 0 saturated carbocycles. The van der Waals surface area contributed by atoms with Crippen molar-refractivity contribution in [2.75, 3.05) is 7.11 Å². The molecule has 1 aromatic carbocycles. The third-order valence-corrected chi connectivity index (χ3v) is 3.26. The van der Waals surface area contributed by atoms with E-state index in [1.807, 2.05) is 6.92 Å². The highest BCUT2D eigenvalue weighted by molar-refractivity contribution is 8.00. The Kier molecular flexibility index (Phi) is 4.87. The standard InChI is InChI=1S/C13H18O2S/c1-9(2)16-12-6-5-10(3)7-11(12)8-13(14)15-4/h5-7,9H,8H2,1-4H3. The van der Waals surface area contributed by atoms with Crippen LogP contribution in [0.5, 0.6) is 0 Å². The van der Waals surface area contributed by atoms with Gasteiger partial charge in [-0.15, -0.1) is 11.8 Å². The Hall–Kier alpha value is -0.960. The van der Waals surface area contributed by atoms with Crippen LogP contribution in [0.25, 0.3) is 0 Å². The minimum Gasteiger partial charge on any atom is -0.469 e. The van der Waals surface area contributed by atoms with E-state index in [4.69, 9.17) is 4.74 Å². The number of hydrogen-bond acceptors (Lipinski definition) is 3. The monoisotopic (exact) mass is 238 g/mol. The summed E-state index contributed by atoms with van der Waals surface area (Å²) in [6, 6.07) is 6.21. The number of hydrogen-bond donors (Lipinski definition) is 0. The fourth-order valence-electron chi connectivity index (χ4n) is 1.44. The van der Waals surface area contributed by atoms with Crippen molar-refractivity contribution in [3.05, 3.63) is 29.3 Å². The largest absolute Gasteiger partial charge is 0.469 e. The molecule has 0 aliphatic carbocycles. The van der Waals surface area contributed by atoms with E-state index in [0.717, 1.165) is 5.56 Å². The topological polar surface area (TPSA) is 26.3 Å². The highest BCUT2D eigenvalue weighted by Gasteiger charge is 2.10. The Balaban J connectivity index is 2.93. The van der Waals surface area contributed by atoms with Crippen LogP contribution in [0.1, 0.15) is 25.0 Å². The van der Waals surface area contributed by atoms with E-state index in [1.54, 1.807) is 11.8 Å². The van der Waals surface area contributed by atoms with Crippen molar-refractivity contribution in [2.24, 2.45) is 0 Å². The zero-order chi connectivity index (χ0) is 12.1. The van der Waals surface area contributed by atoms with Gasteiger partial charge < -0.3 is 4.74 Å². The summed E-state index contributed by atoms with van der Waals surface area (Å²) < 4.78 is 4.71. The quantitative estimate of drug-likeness (QED) is 0.595. The molecular formula is C13H18O2S. The molecule has 0 radical (unpaired) electrons. The van der Waals surface area contributed by atoms with Crippen molar-refractivity contribution >= 4 is 17.7 Å². The molecule has 0 saturated heterocycles. The highest BCUT2D eigenvalue weighted by atomic mass is 32.2. The molecule has 1 aromatic rings. The van der Waals surface area contributed by atoms with E-state index in [2.05, 4.69) is 32.0 Å². The lowest BCUT2D eigenvalue weighted by molar-refractivity contribution is -0.139. The highest BCUT2D eigenvalue weighted by Crippen LogP contribution is 2.27. The van der Waals surface area contributed by atoms with Crippen molar-refractivity contribution < 1.29 is 9.53 Å². The number of carbonyl (C=O) groups excluding carboxylic acids is 1. The van der Waals surface area contributed by atoms with E-state index in [1.165, 1.54) is 17.6 Å². The SMILES string of the molecule is COC(=O)Cc1cc(C)ccc1SC(C)C. The van der Waals surface area contributed by atoms with Crippen LogP contribution in [0.3, 0.4) is 0 Å². The number of carbonyl (C=O) groups is 1. The van der Waals surface area contributed by atoms with Gasteiger partial charge in [-0.05, 0) is 18.6 Å². The van der Waals surface area contributed by atoms with Crippen molar-refractivity contribution in [1.29, 1.82) is 0 Å². The van der Waals surface area contributed by atoms with Crippen molar-refractivity contribution in [3.8, 4) is 0 Å². The molecule has 0 aromatic heterocycles. The number of esters is 1. The lowest BCUT2D eigenvalue weighted by atomic mass is 10.1. The molecule has 0 fully saturated rings. The minimum absolute atomic E-state index is 0.184. The molecule has 2 nitrogen and oxygen atoms in total. The summed E-state index contributed by atoms with van der Waals surface area (Å²) in [6.45, 7) is 6.32. The Labute approximate surface area is 101 Å². The molecule has 0 atom stereocenters. The van der Waals surface area contributed by atoms with Crippen LogP contribution in [-0.4, -0.2) is 18.3 Å². The number of methoxy groups -OCH3 is 1. The summed E-state index contributed by atoms with van der Waals surface area (Å²) in [5.41, 5.74) is 2.23. The van der Waals surface area contributed by atoms with Gasteiger partial charge in [0.1, 0.15) is 0 Å². The first kappa shape index (κ1) is 13.1. The summed E-state index contributed by atoms with van der Waals surface area (Å²) in [6.07, 6.45) is 0.354. The van der Waals surface area contributed by atoms with Gasteiger partial charge in [0, 0.05) is 10.1 Å². The molecule has 88 valence electrons. The zero-order valence-electron chi connectivity index (χ0n) is 10.2. The fourth-order valence-corrected chi connectivity index (χ4v) is 2.38. The van der Waals surface area contributed by atoms with Crippen LogP contribution in [0.15, 0.2) is 23.1 Å². The van der Waals surface area contributed by atoms with Gasteiger partial charge in [0.25, 0.3) is 0 Å². The van der Waals surface area contributed by atoms with Gasteiger partial charge in [0.05, 0.1) is 13.5 Å². The van der Waals surface area contributed by atoms with E-state index in [-0.39, 0.29) is 5.97 Å². The van der Waals surface area contributed by atoms with E-state index < -0.39 is 0 Å². The molecule has 0 amide bonds. The molecule has 0 bridgehead atoms. The summed E-state index contributed by atoms with van der Waals surface area (Å²) in [7, 11) is 1.42. The van der Waals surface area contributed by atoms with Crippen molar-refractivity contribution in [2.45, 2.75) is 37.3 Å². The molecule has 0 spiro atoms. The fraction of sp³-hybridized carbons (Fsp3) is 0.462. The third-order valence-electron chi connectivity index (χ3n) is 2.14. The van der Waals surface area contributed by atoms with Crippen LogP contribution in [0.4, 0.5) is 0 Å². The minimum atomic E-state index is -0.184. The predicted molar refractivity (Wildman–Crippen MR) is 67.9 cm³/mol. The molecule has 3 heteroatoms. The smallest absolute Gasteiger partial charge is 0.310 e. The van der Waals surface area contributed by atoms with Crippen LogP contribution >= 0.6 is 11.8 Å². The number of rotatable bonds is 4. The first-order valence-electron chi connectivity index (χ1n) is 5.36. The maximum Gasteiger partial charge on any atom is 0.310 e. The van der Waals surface area contributed by atoms with E-state index in [9.17, 15) is 4.79 Å². The first-order chi connectivity index (χ1) is 7.52. The van der Waals surface area contributed by atoms with E-state index in [0.29, 0.717) is 11.7 Å². The molecule has 1 rings (SSSR count). The zero-order valence-corrected chi connectivity index (χ0v) is 11.1. The van der Waals surface area contributed by atoms with Gasteiger partial charge in [-0.1, -0.05) is 31.5 Å². The summed E-state index contributed by atoms with van der Waals surface area (Å²) >= 11 is 1.78. The van der Waals surface area contributed by atoms with E-state index >= 15 is 0 Å². The second-order valence-electron chi connectivity index (χ2n) is 4.03. The second-order valence-corrected chi connectivity index (χ2v) is 5.65. The normalized spacial score (nSPS) is 10.6. The van der Waals surface area contributed by atoms with Gasteiger partial charge in [-0.3, -0.25) is 4.79 Å². The molecule has 0 heterocycles.